The highest BCUT2D eigenvalue weighted by molar-refractivity contribution is 5.90. The van der Waals surface area contributed by atoms with Crippen LogP contribution in [0.1, 0.15) is 75.9 Å². The Hall–Kier alpha value is -4.18. The Morgan fingerprint density at radius 1 is 0.714 bits per heavy atom. The summed E-state index contributed by atoms with van der Waals surface area (Å²) in [5.41, 5.74) is 7.79. The first-order valence-corrected chi connectivity index (χ1v) is 15.3. The molecule has 0 spiro atoms. The average Bonchev–Trinajstić information content (AvgIpc) is 3.71. The summed E-state index contributed by atoms with van der Waals surface area (Å²) in [4.78, 5) is 26.7. The van der Waals surface area contributed by atoms with Gasteiger partial charge >= 0.3 is 11.9 Å². The minimum Gasteiger partial charge on any atom is -0.455 e. The van der Waals surface area contributed by atoms with Gasteiger partial charge in [0.25, 0.3) is 0 Å². The lowest BCUT2D eigenvalue weighted by Crippen LogP contribution is -2.45. The van der Waals surface area contributed by atoms with E-state index in [0.717, 1.165) is 19.3 Å². The van der Waals surface area contributed by atoms with Crippen LogP contribution in [0.5, 0.6) is 0 Å². The van der Waals surface area contributed by atoms with Crippen molar-refractivity contribution in [3.05, 3.63) is 131 Å². The molecule has 4 aromatic rings. The minimum absolute atomic E-state index is 0.0956. The third-order valence-corrected chi connectivity index (χ3v) is 10.1. The van der Waals surface area contributed by atoms with Crippen molar-refractivity contribution >= 4 is 11.9 Å². The molecule has 4 heteroatoms. The summed E-state index contributed by atoms with van der Waals surface area (Å²) >= 11 is 0. The number of fused-ring (bicyclic) bond motifs is 7. The van der Waals surface area contributed by atoms with E-state index in [0.29, 0.717) is 23.0 Å². The zero-order valence-corrected chi connectivity index (χ0v) is 24.1. The van der Waals surface area contributed by atoms with Crippen LogP contribution in [0.4, 0.5) is 0 Å². The molecule has 0 saturated heterocycles. The van der Waals surface area contributed by atoms with Crippen molar-refractivity contribution < 1.29 is 19.1 Å². The van der Waals surface area contributed by atoms with Crippen LogP contribution in [0, 0.1) is 17.8 Å². The molecule has 42 heavy (non-hydrogen) atoms. The fourth-order valence-electron chi connectivity index (χ4n) is 7.95. The molecular weight excluding hydrogens is 520 g/mol. The molecular formula is C38H36O4. The van der Waals surface area contributed by atoms with Crippen molar-refractivity contribution in [3.63, 3.8) is 0 Å². The lowest BCUT2D eigenvalue weighted by Gasteiger charge is -2.37. The van der Waals surface area contributed by atoms with E-state index in [1.54, 1.807) is 24.3 Å². The van der Waals surface area contributed by atoms with Crippen LogP contribution >= 0.6 is 0 Å². The first kappa shape index (κ1) is 26.7. The topological polar surface area (TPSA) is 52.6 Å². The summed E-state index contributed by atoms with van der Waals surface area (Å²) in [5.74, 6) is 0.597. The van der Waals surface area contributed by atoms with E-state index in [1.807, 2.05) is 36.4 Å². The smallest absolute Gasteiger partial charge is 0.338 e. The highest BCUT2D eigenvalue weighted by Gasteiger charge is 2.63. The highest BCUT2D eigenvalue weighted by Crippen LogP contribution is 2.64. The molecule has 4 aromatic carbocycles. The molecule has 2 bridgehead atoms. The van der Waals surface area contributed by atoms with Crippen molar-refractivity contribution in [3.8, 4) is 11.1 Å². The largest absolute Gasteiger partial charge is 0.455 e. The molecule has 2 fully saturated rings. The van der Waals surface area contributed by atoms with Gasteiger partial charge in [0.1, 0.15) is 12.2 Å². The molecule has 0 amide bonds. The van der Waals surface area contributed by atoms with Crippen LogP contribution in [0.25, 0.3) is 11.1 Å². The van der Waals surface area contributed by atoms with Gasteiger partial charge in [-0.3, -0.25) is 0 Å². The molecule has 0 heterocycles. The Labute approximate surface area is 247 Å². The Bertz CT molecular complexity index is 1600. The molecule has 0 N–H and O–H groups in total. The maximum Gasteiger partial charge on any atom is 0.338 e. The summed E-state index contributed by atoms with van der Waals surface area (Å²) in [6, 6.07) is 33.6. The molecule has 0 aromatic heterocycles. The van der Waals surface area contributed by atoms with Crippen molar-refractivity contribution in [1.29, 1.82) is 0 Å². The maximum absolute atomic E-state index is 13.4. The molecule has 212 valence electrons. The van der Waals surface area contributed by atoms with Gasteiger partial charge in [0.15, 0.2) is 0 Å². The van der Waals surface area contributed by atoms with Crippen LogP contribution in [-0.4, -0.2) is 24.1 Å². The Kier molecular flexibility index (Phi) is 6.93. The number of carbonyl (C=O) groups excluding carboxylic acids is 2. The van der Waals surface area contributed by atoms with Gasteiger partial charge in [0.2, 0.25) is 0 Å². The van der Waals surface area contributed by atoms with Crippen LogP contribution in [0.3, 0.4) is 0 Å². The second-order valence-electron chi connectivity index (χ2n) is 12.2. The minimum atomic E-state index is -0.491. The standard InChI is InChI=1S/C38H36O4/c1-3-23(2)28-19-27(24-13-7-4-8-14-24)20-30-29(28)21-31-32-22-33(34(30)31)36(42-38(40)26-17-11-6-12-18-26)35(32)41-37(39)25-15-9-5-10-16-25/h4-20,23,31-36H,3,21-22H2,1-2H3. The third-order valence-electron chi connectivity index (χ3n) is 10.1. The zero-order chi connectivity index (χ0) is 28.8. The molecule has 4 nitrogen and oxygen atoms in total. The zero-order valence-electron chi connectivity index (χ0n) is 24.1. The summed E-state index contributed by atoms with van der Waals surface area (Å²) in [6.07, 6.45) is 1.99. The number of esters is 2. The van der Waals surface area contributed by atoms with E-state index in [4.69, 9.17) is 9.47 Å². The molecule has 3 aliphatic carbocycles. The Morgan fingerprint density at radius 2 is 1.26 bits per heavy atom. The van der Waals surface area contributed by atoms with Crippen molar-refractivity contribution in [2.24, 2.45) is 17.8 Å². The predicted octanol–water partition coefficient (Wildman–Crippen LogP) is 8.22. The molecule has 7 rings (SSSR count). The number of carbonyl (C=O) groups is 2. The summed E-state index contributed by atoms with van der Waals surface area (Å²) in [7, 11) is 0. The second-order valence-corrected chi connectivity index (χ2v) is 12.2. The van der Waals surface area contributed by atoms with E-state index in [1.165, 1.54) is 27.8 Å². The van der Waals surface area contributed by atoms with Crippen LogP contribution < -0.4 is 0 Å². The third kappa shape index (κ3) is 4.54. The SMILES string of the molecule is CCC(C)c1cc(-c2ccccc2)cc2c1CC1C3CC(C(OC(=O)c4ccccc4)C3OC(=O)c3ccccc3)C21. The van der Waals surface area contributed by atoms with Gasteiger partial charge in [-0.25, -0.2) is 9.59 Å². The first-order chi connectivity index (χ1) is 20.5. The van der Waals surface area contributed by atoms with Gasteiger partial charge < -0.3 is 9.47 Å². The second kappa shape index (κ2) is 10.9. The lowest BCUT2D eigenvalue weighted by molar-refractivity contribution is -0.0698. The molecule has 3 aliphatic rings. The van der Waals surface area contributed by atoms with Gasteiger partial charge in [-0.1, -0.05) is 92.7 Å². The monoisotopic (exact) mass is 556 g/mol. The average molecular weight is 557 g/mol. The first-order valence-electron chi connectivity index (χ1n) is 15.3. The number of benzene rings is 4. The molecule has 7 atom stereocenters. The molecule has 2 saturated carbocycles. The van der Waals surface area contributed by atoms with Gasteiger partial charge in [0.05, 0.1) is 11.1 Å². The summed E-state index contributed by atoms with van der Waals surface area (Å²) in [6.45, 7) is 4.58. The lowest BCUT2D eigenvalue weighted by atomic mass is 9.76. The molecule has 0 radical (unpaired) electrons. The van der Waals surface area contributed by atoms with Crippen molar-refractivity contribution in [2.75, 3.05) is 0 Å². The van der Waals surface area contributed by atoms with E-state index in [-0.39, 0.29) is 29.7 Å². The van der Waals surface area contributed by atoms with Crippen molar-refractivity contribution in [2.45, 2.75) is 57.2 Å². The Morgan fingerprint density at radius 3 is 1.83 bits per heavy atom. The fourth-order valence-corrected chi connectivity index (χ4v) is 7.95. The van der Waals surface area contributed by atoms with E-state index in [9.17, 15) is 9.59 Å². The number of ether oxygens (including phenoxy) is 2. The number of hydrogen-bond acceptors (Lipinski definition) is 4. The Balaban J connectivity index is 1.27. The van der Waals surface area contributed by atoms with Crippen LogP contribution in [-0.2, 0) is 15.9 Å². The highest BCUT2D eigenvalue weighted by atomic mass is 16.6. The van der Waals surface area contributed by atoms with E-state index >= 15 is 0 Å². The van der Waals surface area contributed by atoms with E-state index < -0.39 is 12.2 Å². The van der Waals surface area contributed by atoms with Gasteiger partial charge in [-0.15, -0.1) is 0 Å². The van der Waals surface area contributed by atoms with Crippen LogP contribution in [0.2, 0.25) is 0 Å². The summed E-state index contributed by atoms with van der Waals surface area (Å²) in [5, 5.41) is 0. The van der Waals surface area contributed by atoms with Gasteiger partial charge in [-0.05, 0) is 89.1 Å². The van der Waals surface area contributed by atoms with Crippen LogP contribution in [0.15, 0.2) is 103 Å². The van der Waals surface area contributed by atoms with Gasteiger partial charge in [-0.2, -0.15) is 0 Å². The quantitative estimate of drug-likeness (QED) is 0.215. The molecule has 0 aliphatic heterocycles. The number of hydrogen-bond donors (Lipinski definition) is 0. The maximum atomic E-state index is 13.4. The molecule has 7 unspecified atom stereocenters. The summed E-state index contributed by atoms with van der Waals surface area (Å²) < 4.78 is 12.6. The normalized spacial score (nSPS) is 25.9. The fraction of sp³-hybridized carbons (Fsp3) is 0.316. The predicted molar refractivity (Wildman–Crippen MR) is 163 cm³/mol. The van der Waals surface area contributed by atoms with E-state index in [2.05, 4.69) is 56.3 Å². The van der Waals surface area contributed by atoms with Gasteiger partial charge in [0, 0.05) is 11.8 Å². The van der Waals surface area contributed by atoms with Crippen molar-refractivity contribution in [1.82, 2.24) is 0 Å². The number of rotatable bonds is 7.